The lowest BCUT2D eigenvalue weighted by molar-refractivity contribution is 0.473. The highest BCUT2D eigenvalue weighted by atomic mass is 29.3. The largest absolute Gasteiger partial charge is 0.508 e. The van der Waals surface area contributed by atoms with Crippen LogP contribution in [0.4, 0.5) is 0 Å². The van der Waals surface area contributed by atoms with Gasteiger partial charge in [0, 0.05) is 7.59 Å². The van der Waals surface area contributed by atoms with E-state index in [9.17, 15) is 5.11 Å². The van der Waals surface area contributed by atoms with Crippen molar-refractivity contribution in [3.05, 3.63) is 35.4 Å². The molecule has 0 heterocycles. The van der Waals surface area contributed by atoms with E-state index in [2.05, 4.69) is 64.8 Å². The van der Waals surface area contributed by atoms with Gasteiger partial charge in [-0.05, 0) is 31.0 Å². The van der Waals surface area contributed by atoms with Gasteiger partial charge in [0.15, 0.2) is 0 Å². The van der Waals surface area contributed by atoms with Gasteiger partial charge in [0.2, 0.25) is 0 Å². The number of phenols is 1. The van der Waals surface area contributed by atoms with Gasteiger partial charge in [-0.15, -0.1) is 0 Å². The van der Waals surface area contributed by atoms with Crippen LogP contribution in [0.15, 0.2) is 29.8 Å². The summed E-state index contributed by atoms with van der Waals surface area (Å²) >= 11 is 0. The van der Waals surface area contributed by atoms with E-state index >= 15 is 0 Å². The number of hydrogen-bond donors (Lipinski definition) is 1. The second-order valence-corrected chi connectivity index (χ2v) is 23.7. The average molecular weight is 293 g/mol. The van der Waals surface area contributed by atoms with Crippen LogP contribution in [0.25, 0.3) is 0 Å². The Bertz CT molecular complexity index is 478. The average Bonchev–Trinajstić information content (AvgIpc) is 2.25. The topological polar surface area (TPSA) is 20.2 Å². The van der Waals surface area contributed by atoms with Crippen LogP contribution in [0.1, 0.15) is 19.4 Å². The minimum atomic E-state index is -1.54. The summed E-state index contributed by atoms with van der Waals surface area (Å²) in [6.45, 7) is 16.3. The molecule has 0 amide bonds. The summed E-state index contributed by atoms with van der Waals surface area (Å²) in [5.74, 6) is 0.555. The molecule has 3 heteroatoms. The Labute approximate surface area is 120 Å². The Balaban J connectivity index is 3.25. The third-order valence-electron chi connectivity index (χ3n) is 4.40. The van der Waals surface area contributed by atoms with Gasteiger partial charge in [-0.1, -0.05) is 62.6 Å². The molecular formula is C16H28OSi2. The van der Waals surface area contributed by atoms with Crippen molar-refractivity contribution >= 4 is 20.4 Å². The van der Waals surface area contributed by atoms with Gasteiger partial charge in [0.05, 0.1) is 7.59 Å². The minimum Gasteiger partial charge on any atom is -0.508 e. The maximum atomic E-state index is 10.6. The minimum absolute atomic E-state index is 0.555. The highest BCUT2D eigenvalue weighted by Crippen LogP contribution is 2.25. The van der Waals surface area contributed by atoms with Crippen LogP contribution in [-0.2, 0) is 6.42 Å². The number of phenolic OH excluding ortho intramolecular Hbond substituents is 1. The van der Waals surface area contributed by atoms with E-state index in [1.54, 1.807) is 0 Å². The number of allylic oxidation sites excluding steroid dienone is 2. The van der Waals surface area contributed by atoms with Gasteiger partial charge in [-0.3, -0.25) is 0 Å². The Morgan fingerprint density at radius 3 is 2.16 bits per heavy atom. The van der Waals surface area contributed by atoms with Crippen LogP contribution in [0.2, 0.25) is 32.7 Å². The third-order valence-corrected chi connectivity index (χ3v) is 22.0. The zero-order valence-corrected chi connectivity index (χ0v) is 15.5. The Kier molecular flexibility index (Phi) is 4.85. The van der Waals surface area contributed by atoms with Gasteiger partial charge in [0.25, 0.3) is 0 Å². The third kappa shape index (κ3) is 3.60. The quantitative estimate of drug-likeness (QED) is 0.650. The summed E-state index contributed by atoms with van der Waals surface area (Å²) < 4.78 is 0. The first-order valence-corrected chi connectivity index (χ1v) is 14.5. The summed E-state index contributed by atoms with van der Waals surface area (Å²) in [7, 11) is -2.81. The fourth-order valence-corrected chi connectivity index (χ4v) is 7.08. The summed E-state index contributed by atoms with van der Waals surface area (Å²) in [5, 5.41) is 11.9. The Hall–Kier alpha value is -0.806. The van der Waals surface area contributed by atoms with Gasteiger partial charge in [-0.2, -0.15) is 0 Å². The van der Waals surface area contributed by atoms with E-state index in [1.165, 1.54) is 10.8 Å². The van der Waals surface area contributed by atoms with Gasteiger partial charge in [0.1, 0.15) is 5.75 Å². The molecule has 106 valence electrons. The van der Waals surface area contributed by atoms with Crippen molar-refractivity contribution in [3.63, 3.8) is 0 Å². The lowest BCUT2D eigenvalue weighted by Crippen LogP contribution is -2.61. The van der Waals surface area contributed by atoms with Gasteiger partial charge in [-0.25, -0.2) is 0 Å². The molecule has 1 aromatic rings. The zero-order chi connectivity index (χ0) is 14.8. The van der Waals surface area contributed by atoms with Crippen molar-refractivity contribution in [1.82, 2.24) is 0 Å². The van der Waals surface area contributed by atoms with Crippen molar-refractivity contribution in [3.8, 4) is 5.75 Å². The molecule has 0 aliphatic rings. The van der Waals surface area contributed by atoms with Gasteiger partial charge >= 0.3 is 0 Å². The molecule has 0 bridgehead atoms. The highest BCUT2D eigenvalue weighted by Gasteiger charge is 2.40. The molecule has 0 spiro atoms. The summed E-state index contributed by atoms with van der Waals surface area (Å²) in [4.78, 5) is 0. The second-order valence-electron chi connectivity index (χ2n) is 7.17. The lowest BCUT2D eigenvalue weighted by Gasteiger charge is -2.36. The van der Waals surface area contributed by atoms with Crippen LogP contribution < -0.4 is 5.19 Å². The fourth-order valence-electron chi connectivity index (χ4n) is 1.98. The lowest BCUT2D eigenvalue weighted by atomic mass is 10.1. The van der Waals surface area contributed by atoms with E-state index < -0.39 is 15.2 Å². The van der Waals surface area contributed by atoms with Crippen molar-refractivity contribution in [2.45, 2.75) is 53.0 Å². The van der Waals surface area contributed by atoms with Crippen LogP contribution in [0, 0.1) is 0 Å². The van der Waals surface area contributed by atoms with Gasteiger partial charge < -0.3 is 5.11 Å². The van der Waals surface area contributed by atoms with E-state index in [0.29, 0.717) is 5.75 Å². The molecule has 0 aliphatic heterocycles. The first-order valence-electron chi connectivity index (χ1n) is 7.02. The first kappa shape index (κ1) is 16.2. The normalized spacial score (nSPS) is 12.4. The van der Waals surface area contributed by atoms with Crippen LogP contribution in [0.3, 0.4) is 0 Å². The van der Waals surface area contributed by atoms with Crippen molar-refractivity contribution in [1.29, 1.82) is 0 Å². The van der Waals surface area contributed by atoms with Crippen molar-refractivity contribution < 1.29 is 5.11 Å². The molecule has 0 aromatic heterocycles. The second kappa shape index (κ2) is 5.67. The number of rotatable bonds is 4. The predicted molar refractivity (Wildman–Crippen MR) is 91.7 cm³/mol. The zero-order valence-electron chi connectivity index (χ0n) is 13.5. The summed E-state index contributed by atoms with van der Waals surface area (Å²) in [6.07, 6.45) is 3.01. The Morgan fingerprint density at radius 2 is 1.68 bits per heavy atom. The fraction of sp³-hybridized carbons (Fsp3) is 0.500. The van der Waals surface area contributed by atoms with Crippen molar-refractivity contribution in [2.75, 3.05) is 0 Å². The highest BCUT2D eigenvalue weighted by molar-refractivity contribution is 7.45. The monoisotopic (exact) mass is 292 g/mol. The number of para-hydroxylation sites is 1. The molecule has 19 heavy (non-hydrogen) atoms. The standard InChI is InChI=1S/C16H28OSi2/c1-13(2)11-12-14-9-8-10-15(16(14)17)19(6,7)18(3,4)5/h8-11,17H,12H2,1-7H3. The number of aromatic hydroxyl groups is 1. The van der Waals surface area contributed by atoms with E-state index in [-0.39, 0.29) is 0 Å². The first-order chi connectivity index (χ1) is 8.57. The maximum Gasteiger partial charge on any atom is 0.118 e. The summed E-state index contributed by atoms with van der Waals surface area (Å²) in [6, 6.07) is 6.30. The SMILES string of the molecule is CC(C)=CCc1cccc([Si](C)(C)[Si](C)(C)C)c1O. The van der Waals surface area contributed by atoms with E-state index in [0.717, 1.165) is 12.0 Å². The van der Waals surface area contributed by atoms with E-state index in [4.69, 9.17) is 0 Å². The molecule has 0 saturated carbocycles. The number of benzene rings is 1. The molecule has 0 unspecified atom stereocenters. The molecule has 1 N–H and O–H groups in total. The van der Waals surface area contributed by atoms with Crippen LogP contribution in [0.5, 0.6) is 5.75 Å². The number of hydrogen-bond acceptors (Lipinski definition) is 1. The molecule has 0 fully saturated rings. The molecule has 0 radical (unpaired) electrons. The van der Waals surface area contributed by atoms with E-state index in [1.807, 2.05) is 6.07 Å². The molecular weight excluding hydrogens is 264 g/mol. The van der Waals surface area contributed by atoms with Crippen LogP contribution in [-0.4, -0.2) is 20.3 Å². The van der Waals surface area contributed by atoms with Crippen LogP contribution >= 0.6 is 0 Å². The predicted octanol–water partition coefficient (Wildman–Crippen LogP) is 4.23. The maximum absolute atomic E-state index is 10.6. The summed E-state index contributed by atoms with van der Waals surface area (Å²) in [5.41, 5.74) is 2.36. The molecule has 0 saturated heterocycles. The molecule has 0 atom stereocenters. The molecule has 1 rings (SSSR count). The smallest absolute Gasteiger partial charge is 0.118 e. The van der Waals surface area contributed by atoms with Crippen molar-refractivity contribution in [2.24, 2.45) is 0 Å². The molecule has 1 aromatic carbocycles. The Morgan fingerprint density at radius 1 is 1.11 bits per heavy atom. The molecule has 1 nitrogen and oxygen atoms in total. The molecule has 0 aliphatic carbocycles.